The Hall–Kier alpha value is 0.380. The molecule has 0 heterocycles. The lowest BCUT2D eigenvalue weighted by Gasteiger charge is -2.18. The maximum atomic E-state index is 11.8. The van der Waals surface area contributed by atoms with Crippen molar-refractivity contribution in [3.05, 3.63) is 0 Å². The van der Waals surface area contributed by atoms with Gasteiger partial charge in [0.25, 0.3) is 0 Å². The van der Waals surface area contributed by atoms with E-state index in [9.17, 15) is 9.13 Å². The average molecular weight is 256 g/mol. The second-order valence-corrected chi connectivity index (χ2v) is 9.57. The Balaban J connectivity index is 4.08. The van der Waals surface area contributed by atoms with Gasteiger partial charge < -0.3 is 9.05 Å². The summed E-state index contributed by atoms with van der Waals surface area (Å²) in [5.41, 5.74) is 0. The summed E-state index contributed by atoms with van der Waals surface area (Å²) in [5.74, 6) is 0. The predicted octanol–water partition coefficient (Wildman–Crippen LogP) is 3.61. The first kappa shape index (κ1) is 15.4. The van der Waals surface area contributed by atoms with Crippen molar-refractivity contribution in [3.8, 4) is 0 Å². The third kappa shape index (κ3) is 5.31. The molecule has 6 heteroatoms. The Labute approximate surface area is 92.6 Å². The van der Waals surface area contributed by atoms with Crippen molar-refractivity contribution in [2.75, 3.05) is 31.4 Å². The molecule has 0 saturated carbocycles. The van der Waals surface area contributed by atoms with E-state index in [1.165, 1.54) is 0 Å². The highest BCUT2D eigenvalue weighted by atomic mass is 31.2. The summed E-state index contributed by atoms with van der Waals surface area (Å²) in [7, 11) is -5.07. The number of rotatable bonds is 8. The molecular formula is C9H22O4P2. The van der Waals surface area contributed by atoms with Gasteiger partial charge in [0, 0.05) is 24.6 Å². The van der Waals surface area contributed by atoms with Crippen molar-refractivity contribution in [2.45, 2.75) is 27.7 Å². The first-order chi connectivity index (χ1) is 6.95. The molecule has 0 rings (SSSR count). The normalized spacial score (nSPS) is 13.1. The molecule has 0 aromatic heterocycles. The fraction of sp³-hybridized carbons (Fsp3) is 1.00. The van der Waals surface area contributed by atoms with E-state index in [-0.39, 0.29) is 6.79 Å². The van der Waals surface area contributed by atoms with Crippen LogP contribution in [0.15, 0.2) is 0 Å². The van der Waals surface area contributed by atoms with Crippen LogP contribution in [0, 0.1) is 0 Å². The summed E-state index contributed by atoms with van der Waals surface area (Å²) < 4.78 is 34.0. The van der Waals surface area contributed by atoms with Gasteiger partial charge in [0.2, 0.25) is 14.7 Å². The Morgan fingerprint density at radius 2 is 1.00 bits per heavy atom. The minimum atomic E-state index is -2.53. The van der Waals surface area contributed by atoms with E-state index < -0.39 is 14.7 Å². The Kier molecular flexibility index (Phi) is 7.03. The molecule has 0 aliphatic heterocycles. The molecular weight excluding hydrogens is 234 g/mol. The number of hydrogen-bond donors (Lipinski definition) is 0. The second-order valence-electron chi connectivity index (χ2n) is 3.27. The van der Waals surface area contributed by atoms with E-state index >= 15 is 0 Å². The zero-order valence-electron chi connectivity index (χ0n) is 10.1. The summed E-state index contributed by atoms with van der Waals surface area (Å²) in [6, 6.07) is 0. The topological polar surface area (TPSA) is 52.6 Å². The molecule has 0 bridgehead atoms. The lowest BCUT2D eigenvalue weighted by Crippen LogP contribution is -2.03. The third-order valence-corrected chi connectivity index (χ3v) is 7.51. The van der Waals surface area contributed by atoms with Crippen molar-refractivity contribution in [1.29, 1.82) is 0 Å². The van der Waals surface area contributed by atoms with Crippen molar-refractivity contribution < 1.29 is 18.2 Å². The van der Waals surface area contributed by atoms with Gasteiger partial charge >= 0.3 is 0 Å². The third-order valence-electron chi connectivity index (χ3n) is 2.50. The van der Waals surface area contributed by atoms with Crippen LogP contribution in [0.2, 0.25) is 0 Å². The van der Waals surface area contributed by atoms with Crippen LogP contribution >= 0.6 is 14.7 Å². The molecule has 0 aromatic rings. The van der Waals surface area contributed by atoms with E-state index in [0.29, 0.717) is 24.6 Å². The Morgan fingerprint density at radius 3 is 1.20 bits per heavy atom. The zero-order valence-corrected chi connectivity index (χ0v) is 11.9. The zero-order chi connectivity index (χ0) is 11.9. The first-order valence-corrected chi connectivity index (χ1v) is 9.39. The first-order valence-electron chi connectivity index (χ1n) is 5.40. The highest BCUT2D eigenvalue weighted by Crippen LogP contribution is 2.50. The molecule has 0 fully saturated rings. The number of hydrogen-bond acceptors (Lipinski definition) is 4. The lowest BCUT2D eigenvalue weighted by atomic mass is 11.0. The van der Waals surface area contributed by atoms with Gasteiger partial charge in [-0.15, -0.1) is 0 Å². The maximum absolute atomic E-state index is 11.8. The molecule has 0 radical (unpaired) electrons. The molecule has 92 valence electrons. The van der Waals surface area contributed by atoms with Crippen molar-refractivity contribution in [1.82, 2.24) is 0 Å². The predicted molar refractivity (Wildman–Crippen MR) is 64.4 cm³/mol. The van der Waals surface area contributed by atoms with E-state index in [2.05, 4.69) is 0 Å². The summed E-state index contributed by atoms with van der Waals surface area (Å²) in [6.07, 6.45) is 1.98. The average Bonchev–Trinajstić information content (AvgIpc) is 2.28. The molecule has 15 heavy (non-hydrogen) atoms. The molecule has 0 aliphatic carbocycles. The summed E-state index contributed by atoms with van der Waals surface area (Å²) in [6.45, 7) is 7.18. The molecule has 4 nitrogen and oxygen atoms in total. The molecule has 0 aromatic carbocycles. The molecule has 0 N–H and O–H groups in total. The second kappa shape index (κ2) is 6.85. The minimum absolute atomic E-state index is 0.113. The van der Waals surface area contributed by atoms with Crippen LogP contribution in [-0.4, -0.2) is 31.4 Å². The van der Waals surface area contributed by atoms with Crippen molar-refractivity contribution in [3.63, 3.8) is 0 Å². The van der Waals surface area contributed by atoms with Crippen LogP contribution in [0.25, 0.3) is 0 Å². The van der Waals surface area contributed by atoms with Crippen LogP contribution in [0.4, 0.5) is 0 Å². The van der Waals surface area contributed by atoms with Crippen LogP contribution in [0.5, 0.6) is 0 Å². The van der Waals surface area contributed by atoms with Gasteiger partial charge in [0.1, 0.15) is 0 Å². The van der Waals surface area contributed by atoms with E-state index in [1.807, 2.05) is 27.7 Å². The summed E-state index contributed by atoms with van der Waals surface area (Å²) >= 11 is 0. The quantitative estimate of drug-likeness (QED) is 0.491. The van der Waals surface area contributed by atoms with E-state index in [4.69, 9.17) is 9.05 Å². The molecule has 0 saturated heterocycles. The maximum Gasteiger partial charge on any atom is 0.204 e. The summed E-state index contributed by atoms with van der Waals surface area (Å²) in [5, 5.41) is 0. The molecule has 0 amide bonds. The lowest BCUT2D eigenvalue weighted by molar-refractivity contribution is 0.126. The van der Waals surface area contributed by atoms with Gasteiger partial charge in [-0.3, -0.25) is 9.13 Å². The van der Waals surface area contributed by atoms with Crippen LogP contribution in [-0.2, 0) is 18.2 Å². The van der Waals surface area contributed by atoms with E-state index in [1.54, 1.807) is 0 Å². The molecule has 0 unspecified atom stereocenters. The van der Waals surface area contributed by atoms with Gasteiger partial charge in [-0.2, -0.15) is 0 Å². The molecule has 0 aliphatic rings. The monoisotopic (exact) mass is 256 g/mol. The highest BCUT2D eigenvalue weighted by molar-refractivity contribution is 7.59. The van der Waals surface area contributed by atoms with Crippen molar-refractivity contribution in [2.24, 2.45) is 0 Å². The fourth-order valence-electron chi connectivity index (χ4n) is 1.03. The van der Waals surface area contributed by atoms with Crippen LogP contribution in [0.1, 0.15) is 27.7 Å². The van der Waals surface area contributed by atoms with Crippen molar-refractivity contribution >= 4 is 14.7 Å². The van der Waals surface area contributed by atoms with Gasteiger partial charge in [-0.05, 0) is 0 Å². The Morgan fingerprint density at radius 1 is 0.733 bits per heavy atom. The fourth-order valence-corrected chi connectivity index (χ4v) is 3.23. The molecule has 0 spiro atoms. The minimum Gasteiger partial charge on any atom is -0.300 e. The molecule has 0 atom stereocenters. The SMILES string of the molecule is CCP(=O)(CC)OCOP(=O)(CC)CC. The summed E-state index contributed by atoms with van der Waals surface area (Å²) in [4.78, 5) is 0. The van der Waals surface area contributed by atoms with Gasteiger partial charge in [0.15, 0.2) is 6.79 Å². The highest BCUT2D eigenvalue weighted by Gasteiger charge is 2.22. The van der Waals surface area contributed by atoms with E-state index in [0.717, 1.165) is 0 Å². The van der Waals surface area contributed by atoms with Crippen LogP contribution in [0.3, 0.4) is 0 Å². The largest absolute Gasteiger partial charge is 0.300 e. The van der Waals surface area contributed by atoms with Gasteiger partial charge in [-0.1, -0.05) is 27.7 Å². The standard InChI is InChI=1S/C9H22O4P2/c1-5-14(10,6-2)12-9-13-15(11,7-3)8-4/h5-9H2,1-4H3. The van der Waals surface area contributed by atoms with Crippen LogP contribution < -0.4 is 0 Å². The smallest absolute Gasteiger partial charge is 0.204 e. The Bertz CT molecular complexity index is 223. The van der Waals surface area contributed by atoms with Gasteiger partial charge in [-0.25, -0.2) is 0 Å². The van der Waals surface area contributed by atoms with Gasteiger partial charge in [0.05, 0.1) is 0 Å².